The molecule has 0 aliphatic heterocycles. The number of hydrogen-bond donors (Lipinski definition) is 1. The van der Waals surface area contributed by atoms with Gasteiger partial charge in [0.1, 0.15) is 5.82 Å². The molecule has 1 heterocycles. The minimum absolute atomic E-state index is 0.304. The molecule has 1 aromatic carbocycles. The highest BCUT2D eigenvalue weighted by molar-refractivity contribution is 7.10. The van der Waals surface area contributed by atoms with Gasteiger partial charge < -0.3 is 5.32 Å². The van der Waals surface area contributed by atoms with Crippen LogP contribution in [0.2, 0.25) is 10.0 Å². The van der Waals surface area contributed by atoms with Gasteiger partial charge in [0.05, 0.1) is 11.1 Å². The fourth-order valence-corrected chi connectivity index (χ4v) is 3.43. The largest absolute Gasteiger partial charge is 0.305 e. The molecule has 0 amide bonds. The van der Waals surface area contributed by atoms with Crippen molar-refractivity contribution in [3.63, 3.8) is 0 Å². The Kier molecular flexibility index (Phi) is 5.22. The molecule has 1 unspecified atom stereocenters. The Morgan fingerprint density at radius 2 is 2.05 bits per heavy atom. The smallest absolute Gasteiger partial charge is 0.129 e. The second kappa shape index (κ2) is 6.71. The number of rotatable bonds is 5. The zero-order chi connectivity index (χ0) is 13.8. The molecule has 0 spiro atoms. The van der Waals surface area contributed by atoms with Crippen LogP contribution in [0.4, 0.5) is 4.39 Å². The average molecular weight is 318 g/mol. The van der Waals surface area contributed by atoms with Gasteiger partial charge in [0.25, 0.3) is 0 Å². The van der Waals surface area contributed by atoms with E-state index in [4.69, 9.17) is 23.2 Å². The van der Waals surface area contributed by atoms with Crippen molar-refractivity contribution in [2.75, 3.05) is 6.54 Å². The van der Waals surface area contributed by atoms with Crippen LogP contribution >= 0.6 is 34.5 Å². The molecule has 5 heteroatoms. The maximum Gasteiger partial charge on any atom is 0.129 e. The molecular weight excluding hydrogens is 304 g/mol. The van der Waals surface area contributed by atoms with Gasteiger partial charge in [-0.15, -0.1) is 11.3 Å². The summed E-state index contributed by atoms with van der Waals surface area (Å²) in [4.78, 5) is 0.891. The van der Waals surface area contributed by atoms with Crippen molar-refractivity contribution < 1.29 is 4.39 Å². The summed E-state index contributed by atoms with van der Waals surface area (Å²) in [6, 6.07) is 6.23. The van der Waals surface area contributed by atoms with Gasteiger partial charge in [0.15, 0.2) is 0 Å². The number of hydrogen-bond acceptors (Lipinski definition) is 2. The molecule has 0 saturated carbocycles. The lowest BCUT2D eigenvalue weighted by Gasteiger charge is -2.20. The number of nitrogens with one attached hydrogen (secondary N) is 1. The second-order valence-electron chi connectivity index (χ2n) is 4.16. The number of thiophene rings is 1. The predicted molar refractivity (Wildman–Crippen MR) is 80.9 cm³/mol. The van der Waals surface area contributed by atoms with E-state index in [1.165, 1.54) is 17.4 Å². The molecule has 1 nitrogen and oxygen atoms in total. The van der Waals surface area contributed by atoms with Crippen LogP contribution in [0.5, 0.6) is 0 Å². The Bertz CT molecular complexity index is 536. The zero-order valence-electron chi connectivity index (χ0n) is 10.4. The molecule has 0 bridgehead atoms. The Labute approximate surface area is 126 Å². The van der Waals surface area contributed by atoms with Crippen molar-refractivity contribution in [1.29, 1.82) is 0 Å². The van der Waals surface area contributed by atoms with E-state index in [1.807, 2.05) is 11.4 Å². The summed E-state index contributed by atoms with van der Waals surface area (Å²) in [5, 5.41) is 6.26. The Hall–Kier alpha value is -0.610. The lowest BCUT2D eigenvalue weighted by molar-refractivity contribution is 0.551. The SMILES string of the molecule is CCCNC(c1sccc1Cl)c1c(F)cccc1Cl. The molecule has 102 valence electrons. The molecule has 0 radical (unpaired) electrons. The highest BCUT2D eigenvalue weighted by atomic mass is 35.5. The predicted octanol–water partition coefficient (Wildman–Crippen LogP) is 5.28. The van der Waals surface area contributed by atoms with Crippen LogP contribution in [0.15, 0.2) is 29.6 Å². The fraction of sp³-hybridized carbons (Fsp3) is 0.286. The Balaban J connectivity index is 2.46. The summed E-state index contributed by atoms with van der Waals surface area (Å²) in [7, 11) is 0. The molecule has 0 aliphatic rings. The van der Waals surface area contributed by atoms with Crippen molar-refractivity contribution in [3.8, 4) is 0 Å². The first-order chi connectivity index (χ1) is 9.15. The van der Waals surface area contributed by atoms with Gasteiger partial charge in [-0.3, -0.25) is 0 Å². The van der Waals surface area contributed by atoms with E-state index in [2.05, 4.69) is 12.2 Å². The van der Waals surface area contributed by atoms with E-state index in [1.54, 1.807) is 12.1 Å². The molecule has 19 heavy (non-hydrogen) atoms. The van der Waals surface area contributed by atoms with Crippen LogP contribution in [0.25, 0.3) is 0 Å². The number of benzene rings is 1. The van der Waals surface area contributed by atoms with Crippen LogP contribution in [0, 0.1) is 5.82 Å². The monoisotopic (exact) mass is 317 g/mol. The third kappa shape index (κ3) is 3.29. The van der Waals surface area contributed by atoms with Gasteiger partial charge >= 0.3 is 0 Å². The maximum atomic E-state index is 14.1. The van der Waals surface area contributed by atoms with Crippen molar-refractivity contribution in [1.82, 2.24) is 5.32 Å². The minimum atomic E-state index is -0.314. The molecule has 1 atom stereocenters. The van der Waals surface area contributed by atoms with Gasteiger partial charge in [-0.2, -0.15) is 0 Å². The minimum Gasteiger partial charge on any atom is -0.305 e. The second-order valence-corrected chi connectivity index (χ2v) is 5.92. The standard InChI is InChI=1S/C14H14Cl2FNS/c1-2-7-18-13(14-10(16)6-8-19-14)12-9(15)4-3-5-11(12)17/h3-6,8,13,18H,2,7H2,1H3. The summed E-state index contributed by atoms with van der Waals surface area (Å²) in [6.45, 7) is 2.83. The quantitative estimate of drug-likeness (QED) is 0.790. The van der Waals surface area contributed by atoms with Crippen molar-refractivity contribution in [3.05, 3.63) is 55.9 Å². The van der Waals surface area contributed by atoms with Crippen molar-refractivity contribution in [2.24, 2.45) is 0 Å². The summed E-state index contributed by atoms with van der Waals surface area (Å²) in [5.41, 5.74) is 0.460. The molecule has 2 aromatic rings. The first kappa shape index (κ1) is 14.8. The highest BCUT2D eigenvalue weighted by Gasteiger charge is 2.23. The van der Waals surface area contributed by atoms with E-state index in [-0.39, 0.29) is 11.9 Å². The lowest BCUT2D eigenvalue weighted by Crippen LogP contribution is -2.24. The van der Waals surface area contributed by atoms with Gasteiger partial charge in [-0.1, -0.05) is 36.2 Å². The Morgan fingerprint density at radius 3 is 2.63 bits per heavy atom. The fourth-order valence-electron chi connectivity index (χ4n) is 1.91. The van der Waals surface area contributed by atoms with Crippen LogP contribution in [-0.4, -0.2) is 6.54 Å². The first-order valence-electron chi connectivity index (χ1n) is 6.05. The average Bonchev–Trinajstić information content (AvgIpc) is 2.79. The molecule has 0 fully saturated rings. The lowest BCUT2D eigenvalue weighted by atomic mass is 10.0. The van der Waals surface area contributed by atoms with Crippen LogP contribution < -0.4 is 5.32 Å². The third-order valence-corrected chi connectivity index (χ3v) is 4.55. The molecular formula is C14H14Cl2FNS. The topological polar surface area (TPSA) is 12.0 Å². The summed E-state index contributed by atoms with van der Waals surface area (Å²) in [6.07, 6.45) is 0.950. The summed E-state index contributed by atoms with van der Waals surface area (Å²) in [5.74, 6) is -0.314. The van der Waals surface area contributed by atoms with E-state index < -0.39 is 0 Å². The van der Waals surface area contributed by atoms with Crippen molar-refractivity contribution >= 4 is 34.5 Å². The maximum absolute atomic E-state index is 14.1. The highest BCUT2D eigenvalue weighted by Crippen LogP contribution is 2.37. The van der Waals surface area contributed by atoms with Crippen LogP contribution in [0.3, 0.4) is 0 Å². The van der Waals surface area contributed by atoms with Crippen molar-refractivity contribution in [2.45, 2.75) is 19.4 Å². The van der Waals surface area contributed by atoms with E-state index in [9.17, 15) is 4.39 Å². The van der Waals surface area contributed by atoms with Gasteiger partial charge in [-0.25, -0.2) is 4.39 Å². The van der Waals surface area contributed by atoms with Gasteiger partial charge in [0.2, 0.25) is 0 Å². The van der Waals surface area contributed by atoms with E-state index in [0.717, 1.165) is 17.8 Å². The van der Waals surface area contributed by atoms with E-state index >= 15 is 0 Å². The summed E-state index contributed by atoms with van der Waals surface area (Å²) >= 11 is 13.8. The summed E-state index contributed by atoms with van der Waals surface area (Å²) < 4.78 is 14.1. The van der Waals surface area contributed by atoms with Crippen LogP contribution in [-0.2, 0) is 0 Å². The molecule has 2 rings (SSSR count). The molecule has 1 aromatic heterocycles. The zero-order valence-corrected chi connectivity index (χ0v) is 12.7. The molecule has 1 N–H and O–H groups in total. The normalized spacial score (nSPS) is 12.6. The number of halogens is 3. The molecule has 0 aliphatic carbocycles. The van der Waals surface area contributed by atoms with E-state index in [0.29, 0.717) is 15.6 Å². The van der Waals surface area contributed by atoms with Gasteiger partial charge in [0, 0.05) is 15.5 Å². The van der Waals surface area contributed by atoms with Crippen LogP contribution in [0.1, 0.15) is 29.8 Å². The first-order valence-corrected chi connectivity index (χ1v) is 7.69. The molecule has 0 saturated heterocycles. The van der Waals surface area contributed by atoms with Gasteiger partial charge in [-0.05, 0) is 36.5 Å². The third-order valence-electron chi connectivity index (χ3n) is 2.79. The Morgan fingerprint density at radius 1 is 1.26 bits per heavy atom.